The molecule has 0 aliphatic heterocycles. The van der Waals surface area contributed by atoms with Crippen LogP contribution in [0.4, 0.5) is 10.1 Å². The number of hydrogen-bond acceptors (Lipinski definition) is 3. The molecule has 21 heavy (non-hydrogen) atoms. The number of aromatic nitrogens is 1. The van der Waals surface area contributed by atoms with E-state index in [1.165, 1.54) is 18.3 Å². The molecule has 0 spiro atoms. The number of rotatable bonds is 5. The largest absolute Gasteiger partial charge is 0.363 e. The van der Waals surface area contributed by atoms with E-state index in [9.17, 15) is 12.8 Å². The van der Waals surface area contributed by atoms with E-state index in [1.807, 2.05) is 0 Å². The SMILES string of the molecule is CNCc1cc(S(=O)(=O)Nc2cc(F)c(Br)cc2C)c[nH]1. The fourth-order valence-electron chi connectivity index (χ4n) is 1.83. The monoisotopic (exact) mass is 375 g/mol. The number of aryl methyl sites for hydroxylation is 1. The van der Waals surface area contributed by atoms with Gasteiger partial charge < -0.3 is 10.3 Å². The van der Waals surface area contributed by atoms with Gasteiger partial charge in [-0.25, -0.2) is 12.8 Å². The first-order valence-electron chi connectivity index (χ1n) is 6.14. The van der Waals surface area contributed by atoms with E-state index in [0.717, 1.165) is 11.8 Å². The van der Waals surface area contributed by atoms with E-state index in [0.29, 0.717) is 16.6 Å². The summed E-state index contributed by atoms with van der Waals surface area (Å²) in [5.41, 5.74) is 1.58. The highest BCUT2D eigenvalue weighted by Gasteiger charge is 2.18. The van der Waals surface area contributed by atoms with E-state index in [1.54, 1.807) is 14.0 Å². The van der Waals surface area contributed by atoms with Crippen molar-refractivity contribution < 1.29 is 12.8 Å². The van der Waals surface area contributed by atoms with Crippen LogP contribution in [0.3, 0.4) is 0 Å². The number of H-pyrrole nitrogens is 1. The number of benzene rings is 1. The van der Waals surface area contributed by atoms with Crippen LogP contribution in [-0.2, 0) is 16.6 Å². The van der Waals surface area contributed by atoms with Gasteiger partial charge in [-0.3, -0.25) is 4.72 Å². The molecule has 1 heterocycles. The number of halogens is 2. The van der Waals surface area contributed by atoms with Crippen molar-refractivity contribution in [3.63, 3.8) is 0 Å². The molecule has 0 aliphatic carbocycles. The standard InChI is InChI=1S/C13H15BrFN3O2S/c1-8-3-11(14)12(15)5-13(8)18-21(19,20)10-4-9(6-16-2)17-7-10/h3-5,7,16-18H,6H2,1-2H3. The van der Waals surface area contributed by atoms with Crippen molar-refractivity contribution in [1.29, 1.82) is 0 Å². The number of aromatic amines is 1. The van der Waals surface area contributed by atoms with Gasteiger partial charge >= 0.3 is 0 Å². The Kier molecular flexibility index (Phi) is 4.70. The van der Waals surface area contributed by atoms with Crippen LogP contribution in [0.2, 0.25) is 0 Å². The Hall–Kier alpha value is -1.38. The molecular weight excluding hydrogens is 361 g/mol. The van der Waals surface area contributed by atoms with Crippen LogP contribution >= 0.6 is 15.9 Å². The lowest BCUT2D eigenvalue weighted by atomic mass is 10.2. The van der Waals surface area contributed by atoms with E-state index in [-0.39, 0.29) is 10.6 Å². The third-order valence-electron chi connectivity index (χ3n) is 2.91. The Morgan fingerprint density at radius 2 is 2.05 bits per heavy atom. The zero-order chi connectivity index (χ0) is 15.6. The molecule has 0 aliphatic rings. The van der Waals surface area contributed by atoms with Crippen molar-refractivity contribution in [3.05, 3.63) is 45.9 Å². The molecule has 114 valence electrons. The van der Waals surface area contributed by atoms with Crippen LogP contribution in [0.25, 0.3) is 0 Å². The van der Waals surface area contributed by atoms with Gasteiger partial charge in [-0.2, -0.15) is 0 Å². The smallest absolute Gasteiger partial charge is 0.263 e. The molecule has 1 aromatic carbocycles. The second-order valence-electron chi connectivity index (χ2n) is 4.58. The van der Waals surface area contributed by atoms with Crippen molar-refractivity contribution in [2.75, 3.05) is 11.8 Å². The van der Waals surface area contributed by atoms with E-state index >= 15 is 0 Å². The predicted molar refractivity (Wildman–Crippen MR) is 83.2 cm³/mol. The van der Waals surface area contributed by atoms with Crippen molar-refractivity contribution in [3.8, 4) is 0 Å². The van der Waals surface area contributed by atoms with Gasteiger partial charge in [0.1, 0.15) is 10.7 Å². The molecule has 8 heteroatoms. The highest BCUT2D eigenvalue weighted by atomic mass is 79.9. The van der Waals surface area contributed by atoms with Gasteiger partial charge in [0, 0.05) is 18.4 Å². The first kappa shape index (κ1) is 16.0. The van der Waals surface area contributed by atoms with E-state index < -0.39 is 15.8 Å². The van der Waals surface area contributed by atoms with Crippen LogP contribution in [0.1, 0.15) is 11.3 Å². The summed E-state index contributed by atoms with van der Waals surface area (Å²) < 4.78 is 40.8. The maximum atomic E-state index is 13.5. The van der Waals surface area contributed by atoms with Gasteiger partial charge in [-0.1, -0.05) is 0 Å². The minimum absolute atomic E-state index is 0.107. The molecule has 0 fully saturated rings. The van der Waals surface area contributed by atoms with Crippen LogP contribution in [0, 0.1) is 12.7 Å². The average Bonchev–Trinajstić information content (AvgIpc) is 2.86. The Labute approximate surface area is 131 Å². The lowest BCUT2D eigenvalue weighted by Gasteiger charge is -2.10. The topological polar surface area (TPSA) is 74.0 Å². The van der Waals surface area contributed by atoms with Crippen molar-refractivity contribution in [1.82, 2.24) is 10.3 Å². The minimum Gasteiger partial charge on any atom is -0.363 e. The molecule has 2 rings (SSSR count). The summed E-state index contributed by atoms with van der Waals surface area (Å²) in [7, 11) is -1.99. The molecule has 5 nitrogen and oxygen atoms in total. The second kappa shape index (κ2) is 6.17. The van der Waals surface area contributed by atoms with Crippen LogP contribution in [-0.4, -0.2) is 20.4 Å². The highest BCUT2D eigenvalue weighted by Crippen LogP contribution is 2.26. The summed E-state index contributed by atoms with van der Waals surface area (Å²) in [5, 5.41) is 2.92. The van der Waals surface area contributed by atoms with Crippen molar-refractivity contribution >= 4 is 31.6 Å². The van der Waals surface area contributed by atoms with Crippen LogP contribution in [0.15, 0.2) is 33.8 Å². The molecular formula is C13H15BrFN3O2S. The first-order chi connectivity index (χ1) is 9.83. The predicted octanol–water partition coefficient (Wildman–Crippen LogP) is 2.74. The zero-order valence-corrected chi connectivity index (χ0v) is 13.9. The molecule has 0 unspecified atom stereocenters. The third kappa shape index (κ3) is 3.63. The van der Waals surface area contributed by atoms with Gasteiger partial charge in [0.25, 0.3) is 10.0 Å². The molecule has 2 aromatic rings. The molecule has 1 aromatic heterocycles. The molecule has 0 amide bonds. The summed E-state index contributed by atoms with van der Waals surface area (Å²) in [6, 6.07) is 4.21. The molecule has 0 bridgehead atoms. The average molecular weight is 376 g/mol. The Bertz CT molecular complexity index is 759. The lowest BCUT2D eigenvalue weighted by Crippen LogP contribution is -2.13. The molecule has 0 atom stereocenters. The molecule has 3 N–H and O–H groups in total. The summed E-state index contributed by atoms with van der Waals surface area (Å²) in [6.07, 6.45) is 1.40. The van der Waals surface area contributed by atoms with Gasteiger partial charge in [-0.05, 0) is 53.7 Å². The molecule has 0 radical (unpaired) electrons. The number of nitrogens with one attached hydrogen (secondary N) is 3. The summed E-state index contributed by atoms with van der Waals surface area (Å²) in [5.74, 6) is -0.525. The van der Waals surface area contributed by atoms with Crippen molar-refractivity contribution in [2.45, 2.75) is 18.4 Å². The van der Waals surface area contributed by atoms with Gasteiger partial charge in [0.2, 0.25) is 0 Å². The molecule has 0 saturated carbocycles. The number of hydrogen-bond donors (Lipinski definition) is 3. The van der Waals surface area contributed by atoms with Gasteiger partial charge in [0.05, 0.1) is 10.2 Å². The number of sulfonamides is 1. The second-order valence-corrected chi connectivity index (χ2v) is 7.11. The summed E-state index contributed by atoms with van der Waals surface area (Å²) in [4.78, 5) is 2.98. The van der Waals surface area contributed by atoms with Gasteiger partial charge in [-0.15, -0.1) is 0 Å². The quantitative estimate of drug-likeness (QED) is 0.751. The Balaban J connectivity index is 2.30. The Morgan fingerprint density at radius 3 is 2.71 bits per heavy atom. The third-order valence-corrected chi connectivity index (χ3v) is 4.86. The minimum atomic E-state index is -3.75. The lowest BCUT2D eigenvalue weighted by molar-refractivity contribution is 0.601. The zero-order valence-electron chi connectivity index (χ0n) is 11.5. The maximum Gasteiger partial charge on any atom is 0.263 e. The molecule has 0 saturated heterocycles. The fourth-order valence-corrected chi connectivity index (χ4v) is 3.42. The van der Waals surface area contributed by atoms with E-state index in [2.05, 4.69) is 31.0 Å². The van der Waals surface area contributed by atoms with E-state index in [4.69, 9.17) is 0 Å². The summed E-state index contributed by atoms with van der Waals surface area (Å²) in [6.45, 7) is 2.23. The number of anilines is 1. The fraction of sp³-hybridized carbons (Fsp3) is 0.231. The maximum absolute atomic E-state index is 13.5. The van der Waals surface area contributed by atoms with Crippen molar-refractivity contribution in [2.24, 2.45) is 0 Å². The summed E-state index contributed by atoms with van der Waals surface area (Å²) >= 11 is 3.06. The highest BCUT2D eigenvalue weighted by molar-refractivity contribution is 9.10. The normalized spacial score (nSPS) is 11.6. The van der Waals surface area contributed by atoms with Crippen LogP contribution < -0.4 is 10.0 Å². The Morgan fingerprint density at radius 1 is 1.33 bits per heavy atom. The van der Waals surface area contributed by atoms with Crippen LogP contribution in [0.5, 0.6) is 0 Å². The van der Waals surface area contributed by atoms with Gasteiger partial charge in [0.15, 0.2) is 0 Å². The first-order valence-corrected chi connectivity index (χ1v) is 8.41.